The minimum atomic E-state index is 0.391. The van der Waals surface area contributed by atoms with Gasteiger partial charge < -0.3 is 4.74 Å². The third-order valence-corrected chi connectivity index (χ3v) is 4.09. The molecule has 0 aromatic heterocycles. The number of halogens is 3. The van der Waals surface area contributed by atoms with Crippen LogP contribution >= 0.6 is 39.1 Å². The number of alkyl halides is 1. The van der Waals surface area contributed by atoms with Gasteiger partial charge in [0.25, 0.3) is 0 Å². The molecule has 20 heavy (non-hydrogen) atoms. The van der Waals surface area contributed by atoms with Gasteiger partial charge in [-0.25, -0.2) is 0 Å². The molecule has 0 unspecified atom stereocenters. The third kappa shape index (κ3) is 3.78. The largest absolute Gasteiger partial charge is 0.488 e. The van der Waals surface area contributed by atoms with Crippen molar-refractivity contribution in [3.63, 3.8) is 0 Å². The first kappa shape index (κ1) is 15.4. The second kappa shape index (κ2) is 7.16. The van der Waals surface area contributed by atoms with E-state index in [-0.39, 0.29) is 0 Å². The summed E-state index contributed by atoms with van der Waals surface area (Å²) in [7, 11) is 0. The molecule has 2 rings (SSSR count). The Balaban J connectivity index is 2.17. The summed E-state index contributed by atoms with van der Waals surface area (Å²) in [6.45, 7) is 4.41. The Hall–Kier alpha value is -0.960. The number of hydrogen-bond acceptors (Lipinski definition) is 1. The molecule has 0 aliphatic carbocycles. The van der Waals surface area contributed by atoms with Gasteiger partial charge >= 0.3 is 0 Å². The van der Waals surface area contributed by atoms with E-state index in [0.717, 1.165) is 22.4 Å². The van der Waals surface area contributed by atoms with Gasteiger partial charge in [-0.15, -0.1) is 0 Å². The molecule has 0 atom stereocenters. The molecule has 0 bridgehead atoms. The SMILES string of the molecule is C=C(CBr)c1ccccc1OCc1ccc(Cl)cc1Cl. The van der Waals surface area contributed by atoms with Gasteiger partial charge in [-0.1, -0.05) is 70.0 Å². The molecule has 0 saturated heterocycles. The van der Waals surface area contributed by atoms with Crippen LogP contribution in [0.25, 0.3) is 5.57 Å². The topological polar surface area (TPSA) is 9.23 Å². The highest BCUT2D eigenvalue weighted by molar-refractivity contribution is 9.09. The lowest BCUT2D eigenvalue weighted by Crippen LogP contribution is -1.99. The molecule has 1 nitrogen and oxygen atoms in total. The van der Waals surface area contributed by atoms with Crippen LogP contribution in [0.1, 0.15) is 11.1 Å². The van der Waals surface area contributed by atoms with Crippen molar-refractivity contribution in [1.82, 2.24) is 0 Å². The van der Waals surface area contributed by atoms with Crippen LogP contribution in [0.4, 0.5) is 0 Å². The van der Waals surface area contributed by atoms with Crippen molar-refractivity contribution in [1.29, 1.82) is 0 Å². The van der Waals surface area contributed by atoms with E-state index in [9.17, 15) is 0 Å². The minimum Gasteiger partial charge on any atom is -0.488 e. The highest BCUT2D eigenvalue weighted by atomic mass is 79.9. The van der Waals surface area contributed by atoms with E-state index in [0.29, 0.717) is 22.0 Å². The predicted octanol–water partition coefficient (Wildman–Crippen LogP) is 5.98. The predicted molar refractivity (Wildman–Crippen MR) is 90.1 cm³/mol. The van der Waals surface area contributed by atoms with Gasteiger partial charge in [-0.2, -0.15) is 0 Å². The lowest BCUT2D eigenvalue weighted by Gasteiger charge is -2.13. The normalized spacial score (nSPS) is 10.3. The number of hydrogen-bond donors (Lipinski definition) is 0. The molecular weight excluding hydrogens is 359 g/mol. The smallest absolute Gasteiger partial charge is 0.127 e. The third-order valence-electron chi connectivity index (χ3n) is 2.83. The Morgan fingerprint density at radius 2 is 1.90 bits per heavy atom. The van der Waals surface area contributed by atoms with Crippen molar-refractivity contribution < 1.29 is 4.74 Å². The van der Waals surface area contributed by atoms with Crippen molar-refractivity contribution >= 4 is 44.7 Å². The Morgan fingerprint density at radius 1 is 1.15 bits per heavy atom. The summed E-state index contributed by atoms with van der Waals surface area (Å²) in [5, 5.41) is 1.93. The molecule has 0 N–H and O–H groups in total. The average Bonchev–Trinajstić information content (AvgIpc) is 2.46. The molecule has 0 aliphatic heterocycles. The highest BCUT2D eigenvalue weighted by Gasteiger charge is 2.07. The number of para-hydroxylation sites is 1. The van der Waals surface area contributed by atoms with Crippen LogP contribution in [0.2, 0.25) is 10.0 Å². The zero-order chi connectivity index (χ0) is 14.5. The van der Waals surface area contributed by atoms with E-state index in [1.165, 1.54) is 0 Å². The first-order valence-electron chi connectivity index (χ1n) is 6.01. The summed E-state index contributed by atoms with van der Waals surface area (Å²) in [5.41, 5.74) is 2.87. The van der Waals surface area contributed by atoms with Crippen LogP contribution in [0, 0.1) is 0 Å². The molecule has 104 valence electrons. The maximum absolute atomic E-state index is 6.14. The summed E-state index contributed by atoms with van der Waals surface area (Å²) < 4.78 is 5.86. The standard InChI is InChI=1S/C16H13BrCl2O/c1-11(9-17)14-4-2-3-5-16(14)20-10-12-6-7-13(18)8-15(12)19/h2-8H,1,9-10H2. The molecule has 0 amide bonds. The summed E-state index contributed by atoms with van der Waals surface area (Å²) in [5.74, 6) is 0.794. The lowest BCUT2D eigenvalue weighted by molar-refractivity contribution is 0.305. The van der Waals surface area contributed by atoms with Crippen molar-refractivity contribution in [2.75, 3.05) is 5.33 Å². The summed E-state index contributed by atoms with van der Waals surface area (Å²) in [4.78, 5) is 0. The van der Waals surface area contributed by atoms with E-state index < -0.39 is 0 Å². The number of allylic oxidation sites excluding steroid dienone is 1. The number of rotatable bonds is 5. The monoisotopic (exact) mass is 370 g/mol. The summed E-state index contributed by atoms with van der Waals surface area (Å²) in [6, 6.07) is 13.2. The van der Waals surface area contributed by atoms with Crippen LogP contribution in [0.3, 0.4) is 0 Å². The van der Waals surface area contributed by atoms with E-state index in [2.05, 4.69) is 22.5 Å². The van der Waals surface area contributed by atoms with E-state index >= 15 is 0 Å². The Bertz CT molecular complexity index is 626. The molecule has 2 aromatic carbocycles. The van der Waals surface area contributed by atoms with Crippen LogP contribution in [0.15, 0.2) is 49.0 Å². The van der Waals surface area contributed by atoms with Crippen LogP contribution in [-0.4, -0.2) is 5.33 Å². The molecule has 0 saturated carbocycles. The Labute approximate surface area is 137 Å². The van der Waals surface area contributed by atoms with Gasteiger partial charge in [0.05, 0.1) is 0 Å². The summed E-state index contributed by atoms with van der Waals surface area (Å²) in [6.07, 6.45) is 0. The van der Waals surface area contributed by atoms with E-state index in [1.807, 2.05) is 30.3 Å². The van der Waals surface area contributed by atoms with E-state index in [4.69, 9.17) is 27.9 Å². The molecule has 0 aliphatic rings. The fraction of sp³-hybridized carbons (Fsp3) is 0.125. The fourth-order valence-electron chi connectivity index (χ4n) is 1.75. The van der Waals surface area contributed by atoms with Crippen LogP contribution in [-0.2, 0) is 6.61 Å². The van der Waals surface area contributed by atoms with Crippen LogP contribution < -0.4 is 4.74 Å². The van der Waals surface area contributed by atoms with Gasteiger partial charge in [0.1, 0.15) is 12.4 Å². The molecule has 0 spiro atoms. The first-order chi connectivity index (χ1) is 9.61. The Kier molecular flexibility index (Phi) is 5.53. The molecule has 4 heteroatoms. The van der Waals surface area contributed by atoms with Gasteiger partial charge in [-0.3, -0.25) is 0 Å². The van der Waals surface area contributed by atoms with Crippen LogP contribution in [0.5, 0.6) is 5.75 Å². The lowest BCUT2D eigenvalue weighted by atomic mass is 10.1. The maximum Gasteiger partial charge on any atom is 0.127 e. The quantitative estimate of drug-likeness (QED) is 0.587. The van der Waals surface area contributed by atoms with E-state index in [1.54, 1.807) is 12.1 Å². The second-order valence-electron chi connectivity index (χ2n) is 4.26. The molecule has 2 aromatic rings. The van der Waals surface area contributed by atoms with Crippen molar-refractivity contribution in [2.45, 2.75) is 6.61 Å². The first-order valence-corrected chi connectivity index (χ1v) is 7.89. The van der Waals surface area contributed by atoms with Gasteiger partial charge in [-0.05, 0) is 23.8 Å². The van der Waals surface area contributed by atoms with Crippen molar-refractivity contribution in [3.05, 3.63) is 70.2 Å². The zero-order valence-corrected chi connectivity index (χ0v) is 13.8. The summed E-state index contributed by atoms with van der Waals surface area (Å²) >= 11 is 15.4. The minimum absolute atomic E-state index is 0.391. The highest BCUT2D eigenvalue weighted by Crippen LogP contribution is 2.28. The zero-order valence-electron chi connectivity index (χ0n) is 10.7. The molecular formula is C16H13BrCl2O. The van der Waals surface area contributed by atoms with Crippen molar-refractivity contribution in [3.8, 4) is 5.75 Å². The number of ether oxygens (including phenoxy) is 1. The average molecular weight is 372 g/mol. The van der Waals surface area contributed by atoms with Crippen molar-refractivity contribution in [2.24, 2.45) is 0 Å². The fourth-order valence-corrected chi connectivity index (χ4v) is 2.52. The second-order valence-corrected chi connectivity index (χ2v) is 5.66. The Morgan fingerprint density at radius 3 is 2.60 bits per heavy atom. The van der Waals surface area contributed by atoms with Gasteiger partial charge in [0.2, 0.25) is 0 Å². The maximum atomic E-state index is 6.14. The molecule has 0 fully saturated rings. The molecule has 0 heterocycles. The molecule has 0 radical (unpaired) electrons. The van der Waals surface area contributed by atoms with Gasteiger partial charge in [0, 0.05) is 26.5 Å². The van der Waals surface area contributed by atoms with Gasteiger partial charge in [0.15, 0.2) is 0 Å². The number of benzene rings is 2.